The number of hydrogen-bond acceptors (Lipinski definition) is 4. The molecule has 1 aromatic carbocycles. The SMILES string of the molecule is O=C(c1cccnc1Nc1cccc(C(F)(F)F)c1)N1CCOCC1. The van der Waals surface area contributed by atoms with E-state index in [1.165, 1.54) is 18.3 Å². The predicted molar refractivity (Wildman–Crippen MR) is 85.7 cm³/mol. The van der Waals surface area contributed by atoms with E-state index in [0.717, 1.165) is 12.1 Å². The lowest BCUT2D eigenvalue weighted by Crippen LogP contribution is -2.40. The van der Waals surface area contributed by atoms with Gasteiger partial charge in [-0.3, -0.25) is 4.79 Å². The lowest BCUT2D eigenvalue weighted by molar-refractivity contribution is -0.137. The third-order valence-corrected chi connectivity index (χ3v) is 3.79. The smallest absolute Gasteiger partial charge is 0.378 e. The molecule has 8 heteroatoms. The molecule has 2 aromatic rings. The molecule has 1 N–H and O–H groups in total. The first-order valence-corrected chi connectivity index (χ1v) is 7.71. The summed E-state index contributed by atoms with van der Waals surface area (Å²) in [6.45, 7) is 1.86. The lowest BCUT2D eigenvalue weighted by Gasteiger charge is -2.27. The number of morpholine rings is 1. The number of rotatable bonds is 3. The Kier molecular flexibility index (Phi) is 4.89. The fourth-order valence-corrected chi connectivity index (χ4v) is 2.52. The van der Waals surface area contributed by atoms with Gasteiger partial charge in [0.05, 0.1) is 24.3 Å². The minimum absolute atomic E-state index is 0.213. The number of amides is 1. The molecular formula is C17H16F3N3O2. The van der Waals surface area contributed by atoms with Crippen molar-refractivity contribution in [2.24, 2.45) is 0 Å². The Labute approximate surface area is 142 Å². The molecule has 1 aliphatic rings. The summed E-state index contributed by atoms with van der Waals surface area (Å²) in [6.07, 6.45) is -2.96. The number of nitrogens with zero attached hydrogens (tertiary/aromatic N) is 2. The first-order chi connectivity index (χ1) is 11.9. The molecule has 2 heterocycles. The van der Waals surface area contributed by atoms with E-state index in [1.54, 1.807) is 17.0 Å². The minimum atomic E-state index is -4.44. The number of hydrogen-bond donors (Lipinski definition) is 1. The van der Waals surface area contributed by atoms with Crippen LogP contribution in [0.15, 0.2) is 42.6 Å². The van der Waals surface area contributed by atoms with Gasteiger partial charge in [-0.1, -0.05) is 6.07 Å². The Hall–Kier alpha value is -2.61. The second-order valence-electron chi connectivity index (χ2n) is 5.51. The van der Waals surface area contributed by atoms with E-state index in [-0.39, 0.29) is 17.4 Å². The molecule has 3 rings (SSSR count). The van der Waals surface area contributed by atoms with Gasteiger partial charge in [0.25, 0.3) is 5.91 Å². The monoisotopic (exact) mass is 351 g/mol. The number of nitrogens with one attached hydrogen (secondary N) is 1. The highest BCUT2D eigenvalue weighted by molar-refractivity contribution is 5.99. The lowest BCUT2D eigenvalue weighted by atomic mass is 10.1. The maximum atomic E-state index is 12.8. The van der Waals surface area contributed by atoms with Crippen molar-refractivity contribution in [3.05, 3.63) is 53.7 Å². The van der Waals surface area contributed by atoms with Crippen LogP contribution in [0.5, 0.6) is 0 Å². The zero-order chi connectivity index (χ0) is 17.9. The van der Waals surface area contributed by atoms with Gasteiger partial charge in [0.2, 0.25) is 0 Å². The van der Waals surface area contributed by atoms with E-state index in [2.05, 4.69) is 10.3 Å². The van der Waals surface area contributed by atoms with Crippen molar-refractivity contribution >= 4 is 17.4 Å². The van der Waals surface area contributed by atoms with Crippen LogP contribution in [0.1, 0.15) is 15.9 Å². The molecule has 5 nitrogen and oxygen atoms in total. The van der Waals surface area contributed by atoms with Crippen LogP contribution in [0.25, 0.3) is 0 Å². The third kappa shape index (κ3) is 4.08. The molecule has 0 unspecified atom stereocenters. The van der Waals surface area contributed by atoms with E-state index in [0.29, 0.717) is 31.9 Å². The second-order valence-corrected chi connectivity index (χ2v) is 5.51. The highest BCUT2D eigenvalue weighted by atomic mass is 19.4. The molecule has 1 aliphatic heterocycles. The van der Waals surface area contributed by atoms with Gasteiger partial charge < -0.3 is 15.0 Å². The van der Waals surface area contributed by atoms with E-state index in [9.17, 15) is 18.0 Å². The largest absolute Gasteiger partial charge is 0.416 e. The van der Waals surface area contributed by atoms with E-state index >= 15 is 0 Å². The van der Waals surface area contributed by atoms with Crippen LogP contribution in [0.3, 0.4) is 0 Å². The molecule has 1 aromatic heterocycles. The fraction of sp³-hybridized carbons (Fsp3) is 0.294. The molecule has 1 amide bonds. The number of ether oxygens (including phenoxy) is 1. The number of halogens is 3. The van der Waals surface area contributed by atoms with E-state index in [4.69, 9.17) is 4.74 Å². The van der Waals surface area contributed by atoms with Crippen molar-refractivity contribution in [3.63, 3.8) is 0 Å². The van der Waals surface area contributed by atoms with Crippen LogP contribution in [0.4, 0.5) is 24.7 Å². The van der Waals surface area contributed by atoms with Crippen molar-refractivity contribution in [1.82, 2.24) is 9.88 Å². The summed E-state index contributed by atoms with van der Waals surface area (Å²) in [6, 6.07) is 7.98. The molecule has 0 aliphatic carbocycles. The Morgan fingerprint density at radius 3 is 2.64 bits per heavy atom. The first kappa shape index (κ1) is 17.2. The average molecular weight is 351 g/mol. The van der Waals surface area contributed by atoms with Crippen molar-refractivity contribution < 1.29 is 22.7 Å². The van der Waals surface area contributed by atoms with E-state index < -0.39 is 11.7 Å². The average Bonchev–Trinajstić information content (AvgIpc) is 2.62. The van der Waals surface area contributed by atoms with Crippen molar-refractivity contribution in [1.29, 1.82) is 0 Å². The van der Waals surface area contributed by atoms with Crippen molar-refractivity contribution in [2.75, 3.05) is 31.6 Å². The fourth-order valence-electron chi connectivity index (χ4n) is 2.52. The van der Waals surface area contributed by atoms with Crippen LogP contribution in [0.2, 0.25) is 0 Å². The van der Waals surface area contributed by atoms with Crippen LogP contribution in [-0.2, 0) is 10.9 Å². The highest BCUT2D eigenvalue weighted by Gasteiger charge is 2.30. The molecule has 0 bridgehead atoms. The van der Waals surface area contributed by atoms with E-state index in [1.807, 2.05) is 0 Å². The molecule has 0 atom stereocenters. The first-order valence-electron chi connectivity index (χ1n) is 7.71. The molecule has 0 saturated carbocycles. The summed E-state index contributed by atoms with van der Waals surface area (Å²) in [5, 5.41) is 2.82. The Balaban J connectivity index is 1.85. The molecule has 25 heavy (non-hydrogen) atoms. The molecule has 1 saturated heterocycles. The summed E-state index contributed by atoms with van der Waals surface area (Å²) >= 11 is 0. The van der Waals surface area contributed by atoms with Crippen LogP contribution in [0, 0.1) is 0 Å². The third-order valence-electron chi connectivity index (χ3n) is 3.79. The number of carbonyl (C=O) groups excluding carboxylic acids is 1. The molecule has 1 fully saturated rings. The topological polar surface area (TPSA) is 54.5 Å². The quantitative estimate of drug-likeness (QED) is 0.922. The number of carbonyl (C=O) groups is 1. The van der Waals surface area contributed by atoms with Gasteiger partial charge in [0.15, 0.2) is 0 Å². The Bertz CT molecular complexity index is 759. The van der Waals surface area contributed by atoms with Crippen LogP contribution in [-0.4, -0.2) is 42.1 Å². The number of aromatic nitrogens is 1. The Morgan fingerprint density at radius 1 is 1.16 bits per heavy atom. The van der Waals surface area contributed by atoms with Crippen molar-refractivity contribution in [2.45, 2.75) is 6.18 Å². The molecule has 132 valence electrons. The van der Waals surface area contributed by atoms with Gasteiger partial charge in [-0.25, -0.2) is 4.98 Å². The van der Waals surface area contributed by atoms with Gasteiger partial charge in [-0.15, -0.1) is 0 Å². The highest BCUT2D eigenvalue weighted by Crippen LogP contribution is 2.31. The van der Waals surface area contributed by atoms with Gasteiger partial charge >= 0.3 is 6.18 Å². The molecule has 0 radical (unpaired) electrons. The molecular weight excluding hydrogens is 335 g/mol. The Morgan fingerprint density at radius 2 is 1.92 bits per heavy atom. The maximum absolute atomic E-state index is 12.8. The summed E-state index contributed by atoms with van der Waals surface area (Å²) in [7, 11) is 0. The summed E-state index contributed by atoms with van der Waals surface area (Å²) < 4.78 is 43.7. The zero-order valence-electron chi connectivity index (χ0n) is 13.2. The summed E-state index contributed by atoms with van der Waals surface area (Å²) in [5.74, 6) is -0.0100. The summed E-state index contributed by atoms with van der Waals surface area (Å²) in [4.78, 5) is 18.4. The van der Waals surface area contributed by atoms with Gasteiger partial charge in [-0.05, 0) is 30.3 Å². The maximum Gasteiger partial charge on any atom is 0.416 e. The normalized spacial score (nSPS) is 15.1. The second kappa shape index (κ2) is 7.10. The van der Waals surface area contributed by atoms with Gasteiger partial charge in [0.1, 0.15) is 5.82 Å². The van der Waals surface area contributed by atoms with Crippen LogP contribution < -0.4 is 5.32 Å². The summed E-state index contributed by atoms with van der Waals surface area (Å²) in [5.41, 5.74) is -0.249. The van der Waals surface area contributed by atoms with Crippen LogP contribution >= 0.6 is 0 Å². The van der Waals surface area contributed by atoms with Gasteiger partial charge in [-0.2, -0.15) is 13.2 Å². The number of alkyl halides is 3. The number of pyridine rings is 1. The number of anilines is 2. The molecule has 0 spiro atoms. The minimum Gasteiger partial charge on any atom is -0.378 e. The van der Waals surface area contributed by atoms with Gasteiger partial charge in [0, 0.05) is 25.0 Å². The standard InChI is InChI=1S/C17H16F3N3O2/c18-17(19,20)12-3-1-4-13(11-12)22-15-14(5-2-6-21-15)16(24)23-7-9-25-10-8-23/h1-6,11H,7-10H2,(H,21,22). The van der Waals surface area contributed by atoms with Crippen molar-refractivity contribution in [3.8, 4) is 0 Å². The zero-order valence-corrected chi connectivity index (χ0v) is 13.2. The number of benzene rings is 1. The predicted octanol–water partition coefficient (Wildman–Crippen LogP) is 3.32.